The van der Waals surface area contributed by atoms with Crippen LogP contribution in [-0.2, 0) is 0 Å². The van der Waals surface area contributed by atoms with E-state index in [9.17, 15) is 0 Å². The van der Waals surface area contributed by atoms with Crippen molar-refractivity contribution in [3.63, 3.8) is 0 Å². The number of hydrogen-bond donors (Lipinski definition) is 1. The van der Waals surface area contributed by atoms with Crippen molar-refractivity contribution in [2.45, 2.75) is 13.8 Å². The standard InChI is InChI=1S/C36H28N4/c1-23-21-25(39-31-11-5-3-9-29(31)35-33(39)13-7-19-37-35)15-17-27(23)28-18-16-26(22-24(28)2)40-32-12-6-4-10-30(32)36-34(40)14-8-20-38-36/h3-19,21-22,38H,20H2,1-2H3. The molecule has 0 amide bonds. The van der Waals surface area contributed by atoms with Gasteiger partial charge in [0.2, 0.25) is 0 Å². The third-order valence-electron chi connectivity index (χ3n) is 8.24. The van der Waals surface area contributed by atoms with E-state index < -0.39 is 0 Å². The molecule has 0 saturated carbocycles. The van der Waals surface area contributed by atoms with Crippen LogP contribution >= 0.6 is 0 Å². The summed E-state index contributed by atoms with van der Waals surface area (Å²) in [6, 6.07) is 35.0. The van der Waals surface area contributed by atoms with E-state index in [0.717, 1.165) is 23.3 Å². The molecule has 0 saturated heterocycles. The Kier molecular flexibility index (Phi) is 4.98. The Hall–Kier alpha value is -5.09. The highest BCUT2D eigenvalue weighted by Gasteiger charge is 2.19. The normalized spacial score (nSPS) is 12.8. The minimum Gasteiger partial charge on any atom is -0.379 e. The minimum absolute atomic E-state index is 0.860. The van der Waals surface area contributed by atoms with E-state index in [1.165, 1.54) is 61.1 Å². The number of rotatable bonds is 3. The molecule has 0 radical (unpaired) electrons. The highest BCUT2D eigenvalue weighted by molar-refractivity contribution is 6.07. The fourth-order valence-corrected chi connectivity index (χ4v) is 6.45. The van der Waals surface area contributed by atoms with Crippen molar-refractivity contribution < 1.29 is 0 Å². The Labute approximate surface area is 232 Å². The van der Waals surface area contributed by atoms with E-state index in [1.54, 1.807) is 0 Å². The molecule has 1 N–H and O–H groups in total. The molecule has 0 bridgehead atoms. The van der Waals surface area contributed by atoms with Crippen molar-refractivity contribution in [1.82, 2.24) is 14.1 Å². The number of hydrogen-bond acceptors (Lipinski definition) is 2. The second kappa shape index (κ2) is 8.72. The molecule has 3 aromatic heterocycles. The smallest absolute Gasteiger partial charge is 0.0963 e. The van der Waals surface area contributed by atoms with Crippen molar-refractivity contribution in [2.75, 3.05) is 11.9 Å². The van der Waals surface area contributed by atoms with Crippen molar-refractivity contribution in [2.24, 2.45) is 0 Å². The van der Waals surface area contributed by atoms with Crippen LogP contribution in [0.15, 0.2) is 109 Å². The molecular weight excluding hydrogens is 488 g/mol. The van der Waals surface area contributed by atoms with E-state index in [0.29, 0.717) is 0 Å². The zero-order valence-electron chi connectivity index (χ0n) is 22.5. The predicted octanol–water partition coefficient (Wildman–Crippen LogP) is 8.85. The second-order valence-electron chi connectivity index (χ2n) is 10.6. The fourth-order valence-electron chi connectivity index (χ4n) is 6.45. The third kappa shape index (κ3) is 3.29. The quantitative estimate of drug-likeness (QED) is 0.255. The Morgan fingerprint density at radius 2 is 1.27 bits per heavy atom. The van der Waals surface area contributed by atoms with Crippen LogP contribution in [0.4, 0.5) is 5.69 Å². The minimum atomic E-state index is 0.860. The predicted molar refractivity (Wildman–Crippen MR) is 168 cm³/mol. The number of aryl methyl sites for hydroxylation is 2. The number of pyridine rings is 1. The summed E-state index contributed by atoms with van der Waals surface area (Å²) in [7, 11) is 0. The molecule has 8 rings (SSSR count). The van der Waals surface area contributed by atoms with Crippen molar-refractivity contribution >= 4 is 44.6 Å². The molecule has 0 fully saturated rings. The van der Waals surface area contributed by atoms with Crippen LogP contribution in [0.25, 0.3) is 61.4 Å². The molecule has 0 spiro atoms. The van der Waals surface area contributed by atoms with Crippen LogP contribution in [-0.4, -0.2) is 20.7 Å². The lowest BCUT2D eigenvalue weighted by Gasteiger charge is -2.17. The summed E-state index contributed by atoms with van der Waals surface area (Å²) in [5.41, 5.74) is 14.3. The average Bonchev–Trinajstić information content (AvgIpc) is 3.51. The third-order valence-corrected chi connectivity index (χ3v) is 8.24. The fraction of sp³-hybridized carbons (Fsp3) is 0.0833. The van der Waals surface area contributed by atoms with Gasteiger partial charge in [-0.2, -0.15) is 0 Å². The molecule has 0 atom stereocenters. The molecule has 0 unspecified atom stereocenters. The molecule has 7 aromatic rings. The largest absolute Gasteiger partial charge is 0.379 e. The molecule has 40 heavy (non-hydrogen) atoms. The van der Waals surface area contributed by atoms with E-state index in [2.05, 4.69) is 131 Å². The second-order valence-corrected chi connectivity index (χ2v) is 10.6. The SMILES string of the molecule is Cc1cc(-n2c3c(c4ccccc42)NCC=C3)ccc1-c1ccc(-n2c3ccccc3c3ncccc32)cc1C. The molecule has 1 aliphatic rings. The monoisotopic (exact) mass is 516 g/mol. The van der Waals surface area contributed by atoms with E-state index in [-0.39, 0.29) is 0 Å². The van der Waals surface area contributed by atoms with Gasteiger partial charge in [0, 0.05) is 34.9 Å². The topological polar surface area (TPSA) is 34.8 Å². The van der Waals surface area contributed by atoms with Gasteiger partial charge < -0.3 is 14.5 Å². The maximum Gasteiger partial charge on any atom is 0.0963 e. The molecule has 0 aliphatic carbocycles. The van der Waals surface area contributed by atoms with Gasteiger partial charge in [0.1, 0.15) is 0 Å². The van der Waals surface area contributed by atoms with Crippen LogP contribution in [0.1, 0.15) is 16.8 Å². The summed E-state index contributed by atoms with van der Waals surface area (Å²) in [6.07, 6.45) is 6.30. The van der Waals surface area contributed by atoms with Crippen LogP contribution in [0.3, 0.4) is 0 Å². The van der Waals surface area contributed by atoms with Gasteiger partial charge in [0.15, 0.2) is 0 Å². The molecule has 4 heterocycles. The zero-order chi connectivity index (χ0) is 26.8. The maximum atomic E-state index is 4.70. The Bertz CT molecular complexity index is 2090. The van der Waals surface area contributed by atoms with Crippen molar-refractivity contribution in [1.29, 1.82) is 0 Å². The first-order chi connectivity index (χ1) is 19.7. The molecule has 192 valence electrons. The number of aromatic nitrogens is 3. The lowest BCUT2D eigenvalue weighted by atomic mass is 9.95. The summed E-state index contributed by atoms with van der Waals surface area (Å²) < 4.78 is 4.70. The van der Waals surface area contributed by atoms with Gasteiger partial charge in [-0.25, -0.2) is 0 Å². The van der Waals surface area contributed by atoms with Gasteiger partial charge in [-0.1, -0.05) is 54.6 Å². The highest BCUT2D eigenvalue weighted by atomic mass is 15.0. The summed E-state index contributed by atoms with van der Waals surface area (Å²) in [6.45, 7) is 5.29. The Morgan fingerprint density at radius 3 is 2.00 bits per heavy atom. The first-order valence-corrected chi connectivity index (χ1v) is 13.8. The van der Waals surface area contributed by atoms with Crippen molar-refractivity contribution in [3.8, 4) is 22.5 Å². The number of nitrogens with zero attached hydrogens (tertiary/aromatic N) is 3. The molecule has 1 aliphatic heterocycles. The van der Waals surface area contributed by atoms with E-state index in [4.69, 9.17) is 4.98 Å². The summed E-state index contributed by atoms with van der Waals surface area (Å²) in [4.78, 5) is 4.70. The molecular formula is C36H28N4. The summed E-state index contributed by atoms with van der Waals surface area (Å²) in [5, 5.41) is 6.02. The lowest BCUT2D eigenvalue weighted by Crippen LogP contribution is -2.06. The number of benzene rings is 4. The molecule has 4 aromatic carbocycles. The highest BCUT2D eigenvalue weighted by Crippen LogP contribution is 2.38. The van der Waals surface area contributed by atoms with Gasteiger partial charge >= 0.3 is 0 Å². The van der Waals surface area contributed by atoms with Crippen LogP contribution < -0.4 is 5.32 Å². The maximum absolute atomic E-state index is 4.70. The van der Waals surface area contributed by atoms with Crippen LogP contribution in [0, 0.1) is 13.8 Å². The first-order valence-electron chi connectivity index (χ1n) is 13.8. The van der Waals surface area contributed by atoms with E-state index in [1.807, 2.05) is 12.3 Å². The first kappa shape index (κ1) is 22.9. The van der Waals surface area contributed by atoms with Gasteiger partial charge in [0.25, 0.3) is 0 Å². The number of nitrogens with one attached hydrogen (secondary N) is 1. The van der Waals surface area contributed by atoms with E-state index >= 15 is 0 Å². The average molecular weight is 517 g/mol. The van der Waals surface area contributed by atoms with Gasteiger partial charge in [0.05, 0.1) is 33.4 Å². The molecule has 4 nitrogen and oxygen atoms in total. The number of fused-ring (bicyclic) bond motifs is 6. The number of anilines is 1. The summed E-state index contributed by atoms with van der Waals surface area (Å²) >= 11 is 0. The van der Waals surface area contributed by atoms with Crippen LogP contribution in [0.2, 0.25) is 0 Å². The number of para-hydroxylation sites is 2. The Balaban J connectivity index is 1.24. The molecule has 4 heteroatoms. The lowest BCUT2D eigenvalue weighted by molar-refractivity contribution is 1.09. The zero-order valence-corrected chi connectivity index (χ0v) is 22.5. The van der Waals surface area contributed by atoms with Gasteiger partial charge in [-0.15, -0.1) is 0 Å². The van der Waals surface area contributed by atoms with Gasteiger partial charge in [-0.05, 0) is 90.7 Å². The Morgan fingerprint density at radius 1 is 0.650 bits per heavy atom. The summed E-state index contributed by atoms with van der Waals surface area (Å²) in [5.74, 6) is 0. The van der Waals surface area contributed by atoms with Gasteiger partial charge in [-0.3, -0.25) is 4.98 Å². The van der Waals surface area contributed by atoms with Crippen LogP contribution in [0.5, 0.6) is 0 Å². The van der Waals surface area contributed by atoms with Crippen molar-refractivity contribution in [3.05, 3.63) is 126 Å².